The molecule has 164 valence electrons. The second-order valence-corrected chi connectivity index (χ2v) is 8.20. The number of likely N-dealkylation sites (N-methyl/N-ethyl adjacent to an activating group) is 1. The lowest BCUT2D eigenvalue weighted by atomic mass is 10.2. The number of rotatable bonds is 7. The fourth-order valence-electron chi connectivity index (χ4n) is 4.17. The maximum absolute atomic E-state index is 12.8. The Kier molecular flexibility index (Phi) is 6.16. The molecule has 3 heterocycles. The van der Waals surface area contributed by atoms with Gasteiger partial charge in [0, 0.05) is 18.8 Å². The Labute approximate surface area is 182 Å². The Bertz CT molecular complexity index is 1020. The number of fused-ring (bicyclic) bond motifs is 1. The molecule has 1 atom stereocenters. The maximum atomic E-state index is 12.8. The predicted octanol–water partition coefficient (Wildman–Crippen LogP) is 2.95. The quantitative estimate of drug-likeness (QED) is 0.735. The van der Waals surface area contributed by atoms with E-state index in [1.165, 1.54) is 0 Å². The molecule has 0 unspecified atom stereocenters. The summed E-state index contributed by atoms with van der Waals surface area (Å²) in [5.41, 5.74) is 3.42. The summed E-state index contributed by atoms with van der Waals surface area (Å²) in [5.74, 6) is 1.87. The summed E-state index contributed by atoms with van der Waals surface area (Å²) in [6, 6.07) is 8.04. The topological polar surface area (TPSA) is 88.8 Å². The molecule has 0 saturated carbocycles. The van der Waals surface area contributed by atoms with Crippen LogP contribution in [0.25, 0.3) is 0 Å². The number of aromatic nitrogens is 1. The Hall–Kier alpha value is -3.02. The first-order valence-electron chi connectivity index (χ1n) is 10.5. The van der Waals surface area contributed by atoms with Gasteiger partial charge in [0.2, 0.25) is 12.7 Å². The van der Waals surface area contributed by atoms with E-state index in [9.17, 15) is 10.1 Å². The molecule has 0 aliphatic carbocycles. The third-order valence-electron chi connectivity index (χ3n) is 5.91. The summed E-state index contributed by atoms with van der Waals surface area (Å²) < 4.78 is 18.6. The van der Waals surface area contributed by atoms with E-state index in [4.69, 9.17) is 14.2 Å². The second-order valence-electron chi connectivity index (χ2n) is 8.20. The van der Waals surface area contributed by atoms with E-state index in [-0.39, 0.29) is 25.3 Å². The number of amides is 1. The molecule has 8 heteroatoms. The predicted molar refractivity (Wildman–Crippen MR) is 115 cm³/mol. The molecule has 1 fully saturated rings. The van der Waals surface area contributed by atoms with Gasteiger partial charge in [0.05, 0.1) is 24.8 Å². The summed E-state index contributed by atoms with van der Waals surface area (Å²) in [7, 11) is 1.89. The average Bonchev–Trinajstić information content (AvgIpc) is 3.46. The van der Waals surface area contributed by atoms with E-state index >= 15 is 0 Å². The largest absolute Gasteiger partial charge is 0.454 e. The van der Waals surface area contributed by atoms with Crippen molar-refractivity contribution in [2.45, 2.75) is 45.9 Å². The fraction of sp³-hybridized carbons (Fsp3) is 0.478. The van der Waals surface area contributed by atoms with E-state index in [0.717, 1.165) is 47.8 Å². The number of anilines is 1. The third kappa shape index (κ3) is 4.53. The highest BCUT2D eigenvalue weighted by Crippen LogP contribution is 2.33. The highest BCUT2D eigenvalue weighted by atomic mass is 16.7. The molecule has 2 aliphatic rings. The Morgan fingerprint density at radius 2 is 2.13 bits per heavy atom. The molecule has 0 spiro atoms. The third-order valence-corrected chi connectivity index (χ3v) is 5.91. The standard InChI is InChI=1S/C23H28N4O4/c1-15-16(2)27(12-18-5-4-8-29-18)23(19(15)10-24)25-22(28)13-26(3)11-17-6-7-20-21(9-17)31-14-30-20/h6-7,9,18H,4-5,8,11-14H2,1-3H3,(H,25,28)/t18-/m1/s1. The first-order chi connectivity index (χ1) is 15.0. The zero-order valence-electron chi connectivity index (χ0n) is 18.2. The lowest BCUT2D eigenvalue weighted by Gasteiger charge is -2.19. The second kappa shape index (κ2) is 9.00. The minimum absolute atomic E-state index is 0.112. The highest BCUT2D eigenvalue weighted by molar-refractivity contribution is 5.93. The average molecular weight is 425 g/mol. The van der Waals surface area contributed by atoms with E-state index in [0.29, 0.717) is 24.5 Å². The zero-order chi connectivity index (χ0) is 22.0. The van der Waals surface area contributed by atoms with Crippen LogP contribution < -0.4 is 14.8 Å². The van der Waals surface area contributed by atoms with Crippen LogP contribution >= 0.6 is 0 Å². The SMILES string of the molecule is Cc1c(C#N)c(NC(=O)CN(C)Cc2ccc3c(c2)OCO3)n(C[C@H]2CCCO2)c1C. The zero-order valence-corrected chi connectivity index (χ0v) is 18.2. The monoisotopic (exact) mass is 424 g/mol. The van der Waals surface area contributed by atoms with Gasteiger partial charge >= 0.3 is 0 Å². The molecule has 1 amide bonds. The number of nitriles is 1. The molecular formula is C23H28N4O4. The normalized spacial score (nSPS) is 17.2. The van der Waals surface area contributed by atoms with Gasteiger partial charge in [-0.2, -0.15) is 5.26 Å². The highest BCUT2D eigenvalue weighted by Gasteiger charge is 2.24. The lowest BCUT2D eigenvalue weighted by Crippen LogP contribution is -2.31. The summed E-state index contributed by atoms with van der Waals surface area (Å²) in [6.45, 7) is 6.32. The summed E-state index contributed by atoms with van der Waals surface area (Å²) in [4.78, 5) is 14.7. The molecule has 4 rings (SSSR count). The van der Waals surface area contributed by atoms with Crippen molar-refractivity contribution in [3.8, 4) is 17.6 Å². The lowest BCUT2D eigenvalue weighted by molar-refractivity contribution is -0.117. The van der Waals surface area contributed by atoms with Crippen LogP contribution in [0.5, 0.6) is 11.5 Å². The van der Waals surface area contributed by atoms with Gasteiger partial charge in [-0.3, -0.25) is 9.69 Å². The molecule has 1 aromatic carbocycles. The molecular weight excluding hydrogens is 396 g/mol. The van der Waals surface area contributed by atoms with Crippen LogP contribution in [-0.2, 0) is 22.6 Å². The first kappa shape index (κ1) is 21.2. The van der Waals surface area contributed by atoms with Crippen molar-refractivity contribution >= 4 is 11.7 Å². The van der Waals surface area contributed by atoms with E-state index in [1.807, 2.05) is 48.6 Å². The van der Waals surface area contributed by atoms with Gasteiger partial charge in [-0.05, 0) is 57.0 Å². The molecule has 0 radical (unpaired) electrons. The van der Waals surface area contributed by atoms with Crippen LogP contribution in [0.3, 0.4) is 0 Å². The number of carbonyl (C=O) groups excluding carboxylic acids is 1. The van der Waals surface area contributed by atoms with Crippen molar-refractivity contribution in [3.63, 3.8) is 0 Å². The van der Waals surface area contributed by atoms with Crippen LogP contribution in [0.4, 0.5) is 5.82 Å². The van der Waals surface area contributed by atoms with Crippen LogP contribution in [0, 0.1) is 25.2 Å². The molecule has 1 N–H and O–H groups in total. The number of hydrogen-bond acceptors (Lipinski definition) is 6. The van der Waals surface area contributed by atoms with Crippen molar-refractivity contribution in [1.29, 1.82) is 5.26 Å². The minimum atomic E-state index is -0.161. The molecule has 2 aromatic rings. The van der Waals surface area contributed by atoms with Crippen LogP contribution in [0.2, 0.25) is 0 Å². The van der Waals surface area contributed by atoms with E-state index in [1.54, 1.807) is 0 Å². The van der Waals surface area contributed by atoms with Crippen molar-refractivity contribution in [2.75, 3.05) is 32.3 Å². The van der Waals surface area contributed by atoms with Crippen molar-refractivity contribution in [2.24, 2.45) is 0 Å². The van der Waals surface area contributed by atoms with Crippen LogP contribution in [0.15, 0.2) is 18.2 Å². The van der Waals surface area contributed by atoms with Crippen molar-refractivity contribution in [1.82, 2.24) is 9.47 Å². The van der Waals surface area contributed by atoms with Gasteiger partial charge in [-0.1, -0.05) is 6.07 Å². The summed E-state index contributed by atoms with van der Waals surface area (Å²) >= 11 is 0. The van der Waals surface area contributed by atoms with Gasteiger partial charge in [0.1, 0.15) is 11.9 Å². The van der Waals surface area contributed by atoms with Gasteiger partial charge in [-0.15, -0.1) is 0 Å². The van der Waals surface area contributed by atoms with Crippen molar-refractivity contribution < 1.29 is 19.0 Å². The fourth-order valence-corrected chi connectivity index (χ4v) is 4.17. The van der Waals surface area contributed by atoms with E-state index < -0.39 is 0 Å². The van der Waals surface area contributed by atoms with Gasteiger partial charge in [0.15, 0.2) is 11.5 Å². The van der Waals surface area contributed by atoms with E-state index in [2.05, 4.69) is 11.4 Å². The summed E-state index contributed by atoms with van der Waals surface area (Å²) in [6.07, 6.45) is 2.15. The number of nitrogens with one attached hydrogen (secondary N) is 1. The van der Waals surface area contributed by atoms with Gasteiger partial charge in [-0.25, -0.2) is 0 Å². The molecule has 0 bridgehead atoms. The number of carbonyl (C=O) groups is 1. The smallest absolute Gasteiger partial charge is 0.239 e. The number of nitrogens with zero attached hydrogens (tertiary/aromatic N) is 3. The van der Waals surface area contributed by atoms with Crippen molar-refractivity contribution in [3.05, 3.63) is 40.6 Å². The Morgan fingerprint density at radius 1 is 1.32 bits per heavy atom. The Morgan fingerprint density at radius 3 is 2.87 bits per heavy atom. The molecule has 1 aromatic heterocycles. The van der Waals surface area contributed by atoms with Gasteiger partial charge in [0.25, 0.3) is 0 Å². The molecule has 31 heavy (non-hydrogen) atoms. The first-order valence-corrected chi connectivity index (χ1v) is 10.5. The molecule has 1 saturated heterocycles. The summed E-state index contributed by atoms with van der Waals surface area (Å²) in [5, 5.41) is 12.7. The molecule has 8 nitrogen and oxygen atoms in total. The maximum Gasteiger partial charge on any atom is 0.239 e. The molecule has 2 aliphatic heterocycles. The minimum Gasteiger partial charge on any atom is -0.454 e. The number of hydrogen-bond donors (Lipinski definition) is 1. The van der Waals surface area contributed by atoms with Crippen LogP contribution in [-0.4, -0.2) is 48.5 Å². The van der Waals surface area contributed by atoms with Gasteiger partial charge < -0.3 is 24.1 Å². The Balaban J connectivity index is 1.43. The number of ether oxygens (including phenoxy) is 3. The number of benzene rings is 1. The van der Waals surface area contributed by atoms with Crippen LogP contribution in [0.1, 0.15) is 35.2 Å².